The molecule has 1 saturated carbocycles. The molecule has 0 saturated heterocycles. The largest absolute Gasteiger partial charge is 0.349 e. The van der Waals surface area contributed by atoms with Crippen molar-refractivity contribution in [1.29, 1.82) is 0 Å². The lowest BCUT2D eigenvalue weighted by atomic mass is 10.1. The van der Waals surface area contributed by atoms with Crippen molar-refractivity contribution in [3.63, 3.8) is 0 Å². The summed E-state index contributed by atoms with van der Waals surface area (Å²) in [6, 6.07) is 12.4. The van der Waals surface area contributed by atoms with Gasteiger partial charge in [-0.2, -0.15) is 0 Å². The van der Waals surface area contributed by atoms with Crippen molar-refractivity contribution >= 4 is 39.1 Å². The molecule has 2 heterocycles. The summed E-state index contributed by atoms with van der Waals surface area (Å²) in [4.78, 5) is 15.4. The molecule has 0 aliphatic heterocycles. The van der Waals surface area contributed by atoms with E-state index in [0.29, 0.717) is 16.6 Å². The van der Waals surface area contributed by atoms with Gasteiger partial charge >= 0.3 is 0 Å². The van der Waals surface area contributed by atoms with Crippen molar-refractivity contribution in [1.82, 2.24) is 10.3 Å². The van der Waals surface area contributed by atoms with Crippen molar-refractivity contribution < 1.29 is 4.79 Å². The smallest absolute Gasteiger partial charge is 0.267 e. The zero-order chi connectivity index (χ0) is 14.4. The molecule has 1 aromatic carbocycles. The van der Waals surface area contributed by atoms with E-state index < -0.39 is 0 Å². The maximum atomic E-state index is 12.3. The molecule has 1 aliphatic carbocycles. The zero-order valence-electron chi connectivity index (χ0n) is 11.1. The number of aromatic nitrogens is 1. The SMILES string of the molecule is O=C(NC1CC1c1ccccc1)c1cc2scc(Cl)c2[nH]1. The van der Waals surface area contributed by atoms with Gasteiger partial charge in [-0.05, 0) is 18.1 Å². The molecular weight excluding hydrogens is 304 g/mol. The molecule has 4 rings (SSSR count). The Balaban J connectivity index is 1.47. The van der Waals surface area contributed by atoms with E-state index in [1.165, 1.54) is 5.56 Å². The Morgan fingerprint density at radius 2 is 2.14 bits per heavy atom. The van der Waals surface area contributed by atoms with Gasteiger partial charge in [-0.15, -0.1) is 11.3 Å². The van der Waals surface area contributed by atoms with E-state index in [1.807, 2.05) is 29.6 Å². The highest BCUT2D eigenvalue weighted by Gasteiger charge is 2.39. The second-order valence-corrected chi connectivity index (χ2v) is 6.66. The lowest BCUT2D eigenvalue weighted by Gasteiger charge is -2.03. The lowest BCUT2D eigenvalue weighted by Crippen LogP contribution is -2.26. The number of rotatable bonds is 3. The molecule has 3 aromatic rings. The molecule has 2 atom stereocenters. The first-order chi connectivity index (χ1) is 10.2. The number of H-pyrrole nitrogens is 1. The Morgan fingerprint density at radius 1 is 1.33 bits per heavy atom. The van der Waals surface area contributed by atoms with Crippen LogP contribution in [-0.2, 0) is 0 Å². The van der Waals surface area contributed by atoms with E-state index in [4.69, 9.17) is 11.6 Å². The maximum absolute atomic E-state index is 12.3. The van der Waals surface area contributed by atoms with Crippen molar-refractivity contribution in [2.75, 3.05) is 0 Å². The topological polar surface area (TPSA) is 44.9 Å². The van der Waals surface area contributed by atoms with Crippen LogP contribution in [-0.4, -0.2) is 16.9 Å². The summed E-state index contributed by atoms with van der Waals surface area (Å²) in [5.74, 6) is 0.382. The molecule has 2 N–H and O–H groups in total. The highest BCUT2D eigenvalue weighted by atomic mass is 35.5. The number of hydrogen-bond donors (Lipinski definition) is 2. The molecule has 1 amide bonds. The Kier molecular flexibility index (Phi) is 3.01. The van der Waals surface area contributed by atoms with Gasteiger partial charge in [0.15, 0.2) is 0 Å². The molecule has 106 valence electrons. The Hall–Kier alpha value is -1.78. The Morgan fingerprint density at radius 3 is 2.90 bits per heavy atom. The van der Waals surface area contributed by atoms with E-state index in [2.05, 4.69) is 22.4 Å². The van der Waals surface area contributed by atoms with E-state index in [0.717, 1.165) is 16.6 Å². The van der Waals surface area contributed by atoms with Crippen molar-refractivity contribution in [3.05, 3.63) is 58.1 Å². The van der Waals surface area contributed by atoms with Crippen molar-refractivity contribution in [2.45, 2.75) is 18.4 Å². The summed E-state index contributed by atoms with van der Waals surface area (Å²) in [6.45, 7) is 0. The number of fused-ring (bicyclic) bond motifs is 1. The summed E-state index contributed by atoms with van der Waals surface area (Å²) in [6.07, 6.45) is 1.01. The van der Waals surface area contributed by atoms with Gasteiger partial charge < -0.3 is 10.3 Å². The lowest BCUT2D eigenvalue weighted by molar-refractivity contribution is 0.0946. The van der Waals surface area contributed by atoms with Crippen LogP contribution < -0.4 is 5.32 Å². The van der Waals surface area contributed by atoms with Gasteiger partial charge in [0.1, 0.15) is 5.69 Å². The van der Waals surface area contributed by atoms with Crippen LogP contribution in [0.3, 0.4) is 0 Å². The van der Waals surface area contributed by atoms with Crippen LogP contribution in [0.5, 0.6) is 0 Å². The number of nitrogens with one attached hydrogen (secondary N) is 2. The number of amides is 1. The molecule has 1 fully saturated rings. The molecule has 21 heavy (non-hydrogen) atoms. The highest BCUT2D eigenvalue weighted by molar-refractivity contribution is 7.17. The number of carbonyl (C=O) groups excluding carboxylic acids is 1. The fourth-order valence-corrected chi connectivity index (χ4v) is 3.82. The first-order valence-corrected chi connectivity index (χ1v) is 8.09. The van der Waals surface area contributed by atoms with Crippen LogP contribution in [0.15, 0.2) is 41.8 Å². The minimum Gasteiger partial charge on any atom is -0.349 e. The van der Waals surface area contributed by atoms with Crippen LogP contribution >= 0.6 is 22.9 Å². The van der Waals surface area contributed by atoms with Gasteiger partial charge in [0.25, 0.3) is 5.91 Å². The first-order valence-electron chi connectivity index (χ1n) is 6.84. The number of carbonyl (C=O) groups is 1. The molecule has 0 spiro atoms. The van der Waals surface area contributed by atoms with Gasteiger partial charge in [0, 0.05) is 17.3 Å². The average molecular weight is 317 g/mol. The van der Waals surface area contributed by atoms with Gasteiger partial charge in [-0.3, -0.25) is 4.79 Å². The number of halogens is 1. The fraction of sp³-hybridized carbons (Fsp3) is 0.188. The van der Waals surface area contributed by atoms with E-state index in [1.54, 1.807) is 11.3 Å². The standard InChI is InChI=1S/C16H13ClN2OS/c17-11-8-21-14-7-13(18-15(11)14)16(20)19-12-6-10(12)9-4-2-1-3-5-9/h1-5,7-8,10,12,18H,6H2,(H,19,20). The minimum atomic E-state index is -0.0575. The van der Waals surface area contributed by atoms with Gasteiger partial charge in [0.2, 0.25) is 0 Å². The number of aromatic amines is 1. The predicted octanol–water partition coefficient (Wildman–Crippen LogP) is 4.17. The van der Waals surface area contributed by atoms with Gasteiger partial charge in [0.05, 0.1) is 15.2 Å². The second-order valence-electron chi connectivity index (χ2n) is 5.34. The molecule has 0 bridgehead atoms. The van der Waals surface area contributed by atoms with Crippen LogP contribution in [0.25, 0.3) is 10.2 Å². The van der Waals surface area contributed by atoms with E-state index in [-0.39, 0.29) is 11.9 Å². The second kappa shape index (κ2) is 4.90. The normalized spacial score (nSPS) is 20.6. The van der Waals surface area contributed by atoms with E-state index in [9.17, 15) is 4.79 Å². The third kappa shape index (κ3) is 2.34. The summed E-state index contributed by atoms with van der Waals surface area (Å²) in [7, 11) is 0. The quantitative estimate of drug-likeness (QED) is 0.748. The van der Waals surface area contributed by atoms with Gasteiger partial charge in [-0.25, -0.2) is 0 Å². The van der Waals surface area contributed by atoms with Gasteiger partial charge in [-0.1, -0.05) is 41.9 Å². The Labute approximate surface area is 130 Å². The maximum Gasteiger partial charge on any atom is 0.267 e. The highest BCUT2D eigenvalue weighted by Crippen LogP contribution is 2.40. The average Bonchev–Trinajstić information content (AvgIpc) is 2.99. The molecule has 0 radical (unpaired) electrons. The number of benzene rings is 1. The number of hydrogen-bond acceptors (Lipinski definition) is 2. The summed E-state index contributed by atoms with van der Waals surface area (Å²) >= 11 is 7.60. The van der Waals surface area contributed by atoms with Crippen LogP contribution in [0.1, 0.15) is 28.4 Å². The number of thiophene rings is 1. The molecule has 5 heteroatoms. The molecule has 2 aromatic heterocycles. The monoisotopic (exact) mass is 316 g/mol. The third-order valence-electron chi connectivity index (χ3n) is 3.89. The molecule has 3 nitrogen and oxygen atoms in total. The predicted molar refractivity (Wildman–Crippen MR) is 86.2 cm³/mol. The van der Waals surface area contributed by atoms with Crippen molar-refractivity contribution in [2.24, 2.45) is 0 Å². The first kappa shape index (κ1) is 12.9. The minimum absolute atomic E-state index is 0.0575. The summed E-state index contributed by atoms with van der Waals surface area (Å²) in [5.41, 5.74) is 2.72. The van der Waals surface area contributed by atoms with Crippen LogP contribution in [0, 0.1) is 0 Å². The molecular formula is C16H13ClN2OS. The molecule has 2 unspecified atom stereocenters. The summed E-state index contributed by atoms with van der Waals surface area (Å²) in [5, 5.41) is 5.62. The zero-order valence-corrected chi connectivity index (χ0v) is 12.7. The Bertz CT molecular complexity index is 808. The third-order valence-corrected chi connectivity index (χ3v) is 5.25. The fourth-order valence-electron chi connectivity index (χ4n) is 2.67. The van der Waals surface area contributed by atoms with Crippen LogP contribution in [0.2, 0.25) is 5.02 Å². The molecule has 1 aliphatic rings. The van der Waals surface area contributed by atoms with E-state index >= 15 is 0 Å². The summed E-state index contributed by atoms with van der Waals surface area (Å²) < 4.78 is 1.01. The van der Waals surface area contributed by atoms with Crippen LogP contribution in [0.4, 0.5) is 0 Å². The van der Waals surface area contributed by atoms with Crippen molar-refractivity contribution in [3.8, 4) is 0 Å².